The van der Waals surface area contributed by atoms with Crippen LogP contribution >= 0.6 is 0 Å². The van der Waals surface area contributed by atoms with E-state index in [4.69, 9.17) is 16.1 Å². The molecule has 2 atom stereocenters. The van der Waals surface area contributed by atoms with Gasteiger partial charge in [-0.2, -0.15) is 5.26 Å². The van der Waals surface area contributed by atoms with Crippen molar-refractivity contribution in [3.8, 4) is 17.2 Å². The molecule has 1 saturated carbocycles. The first kappa shape index (κ1) is 19.8. The Kier molecular flexibility index (Phi) is 4.69. The van der Waals surface area contributed by atoms with Gasteiger partial charge in [-0.25, -0.2) is 13.6 Å². The van der Waals surface area contributed by atoms with Crippen molar-refractivity contribution in [1.82, 2.24) is 0 Å². The third-order valence-electron chi connectivity index (χ3n) is 5.72. The van der Waals surface area contributed by atoms with Crippen LogP contribution in [0.4, 0.5) is 0 Å². The summed E-state index contributed by atoms with van der Waals surface area (Å²) < 4.78 is 23.8. The quantitative estimate of drug-likeness (QED) is 0.661. The van der Waals surface area contributed by atoms with Crippen LogP contribution in [-0.4, -0.2) is 14.3 Å². The predicted molar refractivity (Wildman–Crippen MR) is 113 cm³/mol. The van der Waals surface area contributed by atoms with Gasteiger partial charge < -0.3 is 5.73 Å². The Morgan fingerprint density at radius 1 is 1.03 bits per heavy atom. The normalized spacial score (nSPS) is 20.3. The minimum absolute atomic E-state index is 0.0416. The van der Waals surface area contributed by atoms with Gasteiger partial charge in [-0.15, -0.1) is 0 Å². The highest BCUT2D eigenvalue weighted by molar-refractivity contribution is 7.89. The molecule has 0 spiro atoms. The Morgan fingerprint density at radius 3 is 2.37 bits per heavy atom. The lowest BCUT2D eigenvalue weighted by molar-refractivity contribution is -0.120. The van der Waals surface area contributed by atoms with Crippen LogP contribution in [0.2, 0.25) is 0 Å². The number of primary sulfonamides is 1. The van der Waals surface area contributed by atoms with Crippen molar-refractivity contribution in [3.05, 3.63) is 89.5 Å². The van der Waals surface area contributed by atoms with E-state index in [1.165, 1.54) is 6.07 Å². The fourth-order valence-corrected chi connectivity index (χ4v) is 4.89. The number of carbonyl (C=O) groups is 1. The van der Waals surface area contributed by atoms with Crippen molar-refractivity contribution in [2.24, 2.45) is 10.9 Å². The summed E-state index contributed by atoms with van der Waals surface area (Å²) in [5.41, 5.74) is 8.32. The molecule has 6 nitrogen and oxygen atoms in total. The van der Waals surface area contributed by atoms with E-state index in [9.17, 15) is 13.2 Å². The first-order chi connectivity index (χ1) is 14.3. The van der Waals surface area contributed by atoms with Gasteiger partial charge in [0, 0.05) is 11.5 Å². The maximum atomic E-state index is 12.4. The zero-order chi connectivity index (χ0) is 21.5. The van der Waals surface area contributed by atoms with Crippen molar-refractivity contribution in [2.45, 2.75) is 22.6 Å². The Morgan fingerprint density at radius 2 is 1.73 bits per heavy atom. The van der Waals surface area contributed by atoms with E-state index in [1.807, 2.05) is 6.07 Å². The van der Waals surface area contributed by atoms with Gasteiger partial charge in [0.15, 0.2) is 0 Å². The molecule has 0 bridgehead atoms. The molecule has 0 saturated heterocycles. The fraction of sp³-hybridized carbons (Fsp3) is 0.130. The van der Waals surface area contributed by atoms with Crippen molar-refractivity contribution in [3.63, 3.8) is 0 Å². The number of nitriles is 1. The number of amides is 1. The number of rotatable bonds is 5. The molecule has 150 valence electrons. The molecule has 3 aromatic rings. The lowest BCUT2D eigenvalue weighted by atomic mass is 9.88. The molecule has 1 amide bonds. The van der Waals surface area contributed by atoms with Crippen LogP contribution in [0.1, 0.15) is 29.0 Å². The van der Waals surface area contributed by atoms with Gasteiger partial charge >= 0.3 is 0 Å². The minimum Gasteiger partial charge on any atom is -0.369 e. The van der Waals surface area contributed by atoms with Gasteiger partial charge in [0.25, 0.3) is 0 Å². The van der Waals surface area contributed by atoms with Gasteiger partial charge in [-0.3, -0.25) is 4.79 Å². The molecule has 1 aliphatic carbocycles. The molecule has 0 radical (unpaired) electrons. The summed E-state index contributed by atoms with van der Waals surface area (Å²) in [7, 11) is -3.87. The SMILES string of the molecule is N#Cc1cccc(C2CC2(C(N)=O)c2ccc(-c3ccccc3S(N)(=O)=O)cc2)c1. The zero-order valence-corrected chi connectivity index (χ0v) is 16.8. The van der Waals surface area contributed by atoms with Gasteiger partial charge in [0.2, 0.25) is 15.9 Å². The largest absolute Gasteiger partial charge is 0.369 e. The molecule has 2 unspecified atom stereocenters. The number of sulfonamides is 1. The van der Waals surface area contributed by atoms with Gasteiger partial charge in [-0.1, -0.05) is 54.6 Å². The number of hydrogen-bond donors (Lipinski definition) is 2. The Balaban J connectivity index is 1.72. The molecule has 1 aliphatic rings. The van der Waals surface area contributed by atoms with E-state index in [1.54, 1.807) is 60.7 Å². The van der Waals surface area contributed by atoms with E-state index in [0.717, 1.165) is 11.1 Å². The Hall–Kier alpha value is -3.47. The number of carbonyl (C=O) groups excluding carboxylic acids is 1. The van der Waals surface area contributed by atoms with E-state index < -0.39 is 21.3 Å². The van der Waals surface area contributed by atoms with Crippen LogP contribution in [0.3, 0.4) is 0 Å². The second kappa shape index (κ2) is 7.10. The van der Waals surface area contributed by atoms with E-state index >= 15 is 0 Å². The smallest absolute Gasteiger partial charge is 0.238 e. The lowest BCUT2D eigenvalue weighted by Crippen LogP contribution is -2.30. The third kappa shape index (κ3) is 3.26. The van der Waals surface area contributed by atoms with Gasteiger partial charge in [0.1, 0.15) is 0 Å². The average molecular weight is 417 g/mol. The summed E-state index contributed by atoms with van der Waals surface area (Å²) in [6, 6.07) is 22.9. The summed E-state index contributed by atoms with van der Waals surface area (Å²) in [6.07, 6.45) is 0.560. The fourth-order valence-electron chi connectivity index (χ4n) is 4.12. The van der Waals surface area contributed by atoms with Crippen molar-refractivity contribution < 1.29 is 13.2 Å². The molecule has 7 heteroatoms. The minimum atomic E-state index is -3.87. The highest BCUT2D eigenvalue weighted by Crippen LogP contribution is 2.60. The molecule has 0 heterocycles. The topological polar surface area (TPSA) is 127 Å². The van der Waals surface area contributed by atoms with E-state index in [-0.39, 0.29) is 10.8 Å². The van der Waals surface area contributed by atoms with Crippen LogP contribution in [0.25, 0.3) is 11.1 Å². The van der Waals surface area contributed by atoms with Crippen LogP contribution in [-0.2, 0) is 20.2 Å². The molecular formula is C23H19N3O3S. The summed E-state index contributed by atoms with van der Waals surface area (Å²) >= 11 is 0. The van der Waals surface area contributed by atoms with Crippen LogP contribution in [0.5, 0.6) is 0 Å². The van der Waals surface area contributed by atoms with Crippen molar-refractivity contribution in [2.75, 3.05) is 0 Å². The standard InChI is InChI=1S/C23H19N3O3S/c24-14-15-4-3-5-17(12-15)20-13-23(20,22(25)27)18-10-8-16(9-11-18)19-6-1-2-7-21(19)30(26,28)29/h1-12,20H,13H2,(H2,25,27)(H2,26,28,29). The zero-order valence-electron chi connectivity index (χ0n) is 15.9. The Bertz CT molecular complexity index is 1290. The lowest BCUT2D eigenvalue weighted by Gasteiger charge is -2.16. The molecule has 4 N–H and O–H groups in total. The predicted octanol–water partition coefficient (Wildman–Crippen LogP) is 2.78. The summed E-state index contributed by atoms with van der Waals surface area (Å²) in [5, 5.41) is 14.5. The second-order valence-electron chi connectivity index (χ2n) is 7.45. The van der Waals surface area contributed by atoms with Gasteiger partial charge in [-0.05, 0) is 41.3 Å². The number of primary amides is 1. The number of nitrogens with zero attached hydrogens (tertiary/aromatic N) is 1. The van der Waals surface area contributed by atoms with Crippen LogP contribution < -0.4 is 10.9 Å². The molecule has 1 fully saturated rings. The molecule has 4 rings (SSSR count). The molecule has 0 aromatic heterocycles. The highest BCUT2D eigenvalue weighted by Gasteiger charge is 2.60. The first-order valence-electron chi connectivity index (χ1n) is 9.30. The van der Waals surface area contributed by atoms with E-state index in [0.29, 0.717) is 23.1 Å². The monoisotopic (exact) mass is 417 g/mol. The average Bonchev–Trinajstić information content (AvgIpc) is 3.51. The first-order valence-corrected chi connectivity index (χ1v) is 10.8. The third-order valence-corrected chi connectivity index (χ3v) is 6.69. The molecular weight excluding hydrogens is 398 g/mol. The number of hydrogen-bond acceptors (Lipinski definition) is 4. The maximum Gasteiger partial charge on any atom is 0.238 e. The summed E-state index contributed by atoms with van der Waals surface area (Å²) in [4.78, 5) is 12.5. The second-order valence-corrected chi connectivity index (χ2v) is 8.98. The van der Waals surface area contributed by atoms with Crippen molar-refractivity contribution >= 4 is 15.9 Å². The maximum absolute atomic E-state index is 12.4. The summed E-state index contributed by atoms with van der Waals surface area (Å²) in [6.45, 7) is 0. The number of nitrogens with two attached hydrogens (primary N) is 2. The highest BCUT2D eigenvalue weighted by atomic mass is 32.2. The van der Waals surface area contributed by atoms with Crippen LogP contribution in [0, 0.1) is 11.3 Å². The van der Waals surface area contributed by atoms with Crippen molar-refractivity contribution in [1.29, 1.82) is 5.26 Å². The van der Waals surface area contributed by atoms with Gasteiger partial charge in [0.05, 0.1) is 21.9 Å². The molecule has 3 aromatic carbocycles. The molecule has 0 aliphatic heterocycles. The summed E-state index contributed by atoms with van der Waals surface area (Å²) in [5.74, 6) is -0.529. The van der Waals surface area contributed by atoms with Crippen LogP contribution in [0.15, 0.2) is 77.7 Å². The molecule has 30 heavy (non-hydrogen) atoms. The van der Waals surface area contributed by atoms with E-state index in [2.05, 4.69) is 6.07 Å². The number of benzene rings is 3. The Labute approximate surface area is 174 Å².